The Bertz CT molecular complexity index is 792. The van der Waals surface area contributed by atoms with Gasteiger partial charge in [0.05, 0.1) is 5.69 Å². The zero-order chi connectivity index (χ0) is 14.7. The molecule has 1 heterocycles. The Labute approximate surface area is 138 Å². The number of halogens is 2. The molecular weight excluding hydrogens is 345 g/mol. The third kappa shape index (κ3) is 4.04. The van der Waals surface area contributed by atoms with Crippen LogP contribution in [0.1, 0.15) is 0 Å². The van der Waals surface area contributed by atoms with E-state index in [0.29, 0.717) is 14.8 Å². The fourth-order valence-corrected chi connectivity index (χ4v) is 3.51. The van der Waals surface area contributed by atoms with E-state index in [2.05, 4.69) is 15.3 Å². The molecule has 3 aromatic rings. The quantitative estimate of drug-likeness (QED) is 0.632. The van der Waals surface area contributed by atoms with Gasteiger partial charge in [0, 0.05) is 15.7 Å². The van der Waals surface area contributed by atoms with Crippen molar-refractivity contribution in [2.24, 2.45) is 4.99 Å². The summed E-state index contributed by atoms with van der Waals surface area (Å²) in [5.41, 5.74) is 1.78. The molecule has 106 valence electrons. The fourth-order valence-electron chi connectivity index (χ4n) is 1.58. The number of hydrogen-bond donors (Lipinski definition) is 1. The first-order valence-electron chi connectivity index (χ1n) is 5.99. The van der Waals surface area contributed by atoms with Crippen molar-refractivity contribution in [3.63, 3.8) is 0 Å². The fraction of sp³-hybridized carbons (Fsp3) is 0. The highest BCUT2D eigenvalue weighted by atomic mass is 35.5. The van der Waals surface area contributed by atoms with Gasteiger partial charge in [-0.25, -0.2) is 4.99 Å². The van der Waals surface area contributed by atoms with E-state index in [1.165, 1.54) is 20.7 Å². The van der Waals surface area contributed by atoms with Gasteiger partial charge in [-0.3, -0.25) is 0 Å². The van der Waals surface area contributed by atoms with Crippen molar-refractivity contribution in [3.8, 4) is 0 Å². The molecule has 1 aromatic heterocycles. The van der Waals surface area contributed by atoms with Crippen LogP contribution in [0.2, 0.25) is 10.0 Å². The number of anilines is 2. The van der Waals surface area contributed by atoms with Crippen LogP contribution in [-0.2, 0) is 0 Å². The minimum absolute atomic E-state index is 0.695. The first kappa shape index (κ1) is 14.5. The van der Waals surface area contributed by atoms with E-state index in [1.807, 2.05) is 48.5 Å². The third-order valence-corrected chi connectivity index (χ3v) is 4.98. The summed E-state index contributed by atoms with van der Waals surface area (Å²) < 4.78 is 0. The second-order valence-corrected chi connectivity index (χ2v) is 7.04. The second kappa shape index (κ2) is 6.58. The van der Waals surface area contributed by atoms with Crippen LogP contribution < -0.4 is 10.1 Å². The first-order chi connectivity index (χ1) is 10.2. The summed E-state index contributed by atoms with van der Waals surface area (Å²) in [5.74, 6) is 0. The van der Waals surface area contributed by atoms with Gasteiger partial charge in [0.15, 0.2) is 5.13 Å². The van der Waals surface area contributed by atoms with Crippen molar-refractivity contribution >= 4 is 60.4 Å². The van der Waals surface area contributed by atoms with Crippen molar-refractivity contribution in [1.29, 1.82) is 0 Å². The summed E-state index contributed by atoms with van der Waals surface area (Å²) in [4.78, 5) is 9.60. The minimum Gasteiger partial charge on any atom is -0.331 e. The monoisotopic (exact) mass is 353 g/mol. The first-order valence-corrected chi connectivity index (χ1v) is 8.90. The van der Waals surface area contributed by atoms with E-state index in [0.717, 1.165) is 16.5 Å². The molecule has 0 amide bonds. The minimum atomic E-state index is 0.695. The number of nitrogens with zero attached hydrogens (tertiary/aromatic N) is 2. The lowest BCUT2D eigenvalue weighted by atomic mass is 10.3. The lowest BCUT2D eigenvalue weighted by Gasteiger charge is -2.00. The molecule has 7 heteroatoms. The number of rotatable bonds is 3. The standard InChI is InChI=1S/C14H9Cl2N3S2/c15-9-1-5-11(6-2-9)17-13-19-14(21-20-13)18-12-7-3-10(16)4-8-12/h1-8H,(H,17,18,19). The number of nitrogens with one attached hydrogen (secondary N) is 1. The predicted octanol–water partition coefficient (Wildman–Crippen LogP) is 5.49. The molecule has 21 heavy (non-hydrogen) atoms. The Morgan fingerprint density at radius 3 is 2.14 bits per heavy atom. The largest absolute Gasteiger partial charge is 0.331 e. The van der Waals surface area contributed by atoms with Gasteiger partial charge in [0.25, 0.3) is 0 Å². The summed E-state index contributed by atoms with van der Waals surface area (Å²) in [6.45, 7) is 0. The zero-order valence-corrected chi connectivity index (χ0v) is 13.7. The molecule has 0 aliphatic rings. The smallest absolute Gasteiger partial charge is 0.222 e. The average molecular weight is 354 g/mol. The molecule has 0 aliphatic carbocycles. The van der Waals surface area contributed by atoms with E-state index in [1.54, 1.807) is 0 Å². The molecule has 3 rings (SSSR count). The predicted molar refractivity (Wildman–Crippen MR) is 91.4 cm³/mol. The summed E-state index contributed by atoms with van der Waals surface area (Å²) in [7, 11) is 3.05. The number of hydrogen-bond acceptors (Lipinski definition) is 5. The van der Waals surface area contributed by atoms with Crippen LogP contribution in [0.15, 0.2) is 53.5 Å². The normalized spacial score (nSPS) is 11.6. The van der Waals surface area contributed by atoms with E-state index < -0.39 is 0 Å². The van der Waals surface area contributed by atoms with E-state index in [9.17, 15) is 0 Å². The van der Waals surface area contributed by atoms with Crippen molar-refractivity contribution in [2.45, 2.75) is 0 Å². The Morgan fingerprint density at radius 2 is 1.48 bits per heavy atom. The number of aromatic nitrogens is 1. The van der Waals surface area contributed by atoms with Gasteiger partial charge in [-0.1, -0.05) is 23.2 Å². The topological polar surface area (TPSA) is 37.3 Å². The highest BCUT2D eigenvalue weighted by Gasteiger charge is 2.00. The van der Waals surface area contributed by atoms with Crippen LogP contribution in [0.25, 0.3) is 0 Å². The van der Waals surface area contributed by atoms with Crippen molar-refractivity contribution in [3.05, 3.63) is 63.4 Å². The van der Waals surface area contributed by atoms with E-state index >= 15 is 0 Å². The lowest BCUT2D eigenvalue weighted by molar-refractivity contribution is 1.24. The Morgan fingerprint density at radius 1 is 0.857 bits per heavy atom. The maximum atomic E-state index is 5.86. The van der Waals surface area contributed by atoms with Gasteiger partial charge in [0.1, 0.15) is 0 Å². The molecule has 0 radical (unpaired) electrons. The van der Waals surface area contributed by atoms with Gasteiger partial charge < -0.3 is 5.32 Å². The highest BCUT2D eigenvalue weighted by Crippen LogP contribution is 2.22. The summed E-state index contributed by atoms with van der Waals surface area (Å²) in [6, 6.07) is 14.8. The molecule has 3 nitrogen and oxygen atoms in total. The van der Waals surface area contributed by atoms with Gasteiger partial charge in [-0.05, 0) is 69.2 Å². The van der Waals surface area contributed by atoms with E-state index in [-0.39, 0.29) is 0 Å². The molecule has 2 aromatic carbocycles. The van der Waals surface area contributed by atoms with Crippen LogP contribution in [0.5, 0.6) is 0 Å². The Balaban J connectivity index is 1.79. The van der Waals surface area contributed by atoms with Crippen molar-refractivity contribution < 1.29 is 0 Å². The van der Waals surface area contributed by atoms with Crippen LogP contribution in [0.4, 0.5) is 16.5 Å². The molecule has 0 saturated heterocycles. The number of benzene rings is 2. The maximum Gasteiger partial charge on any atom is 0.222 e. The molecule has 0 atom stereocenters. The van der Waals surface area contributed by atoms with Gasteiger partial charge in [-0.2, -0.15) is 4.98 Å². The highest BCUT2D eigenvalue weighted by molar-refractivity contribution is 7.69. The Kier molecular flexibility index (Phi) is 4.55. The third-order valence-electron chi connectivity index (χ3n) is 2.54. The molecule has 0 aliphatic heterocycles. The molecular formula is C14H9Cl2N3S2. The van der Waals surface area contributed by atoms with Crippen molar-refractivity contribution in [2.75, 3.05) is 5.32 Å². The summed E-state index contributed by atoms with van der Waals surface area (Å²) in [6.07, 6.45) is 0. The van der Waals surface area contributed by atoms with Crippen LogP contribution in [0, 0.1) is 0 Å². The second-order valence-electron chi connectivity index (χ2n) is 4.09. The average Bonchev–Trinajstić information content (AvgIpc) is 2.91. The van der Waals surface area contributed by atoms with Gasteiger partial charge >= 0.3 is 0 Å². The molecule has 0 unspecified atom stereocenters. The van der Waals surface area contributed by atoms with Crippen LogP contribution in [0.3, 0.4) is 0 Å². The Hall–Kier alpha value is -1.40. The zero-order valence-electron chi connectivity index (χ0n) is 10.6. The lowest BCUT2D eigenvalue weighted by Crippen LogP contribution is -1.98. The van der Waals surface area contributed by atoms with Crippen LogP contribution in [-0.4, -0.2) is 4.98 Å². The summed E-state index contributed by atoms with van der Waals surface area (Å²) in [5, 5.41) is 5.43. The molecule has 1 N–H and O–H groups in total. The van der Waals surface area contributed by atoms with Crippen LogP contribution >= 0.6 is 43.9 Å². The molecule has 0 bridgehead atoms. The molecule has 0 fully saturated rings. The molecule has 0 saturated carbocycles. The van der Waals surface area contributed by atoms with Crippen molar-refractivity contribution in [1.82, 2.24) is 4.98 Å². The van der Waals surface area contributed by atoms with Gasteiger partial charge in [0.2, 0.25) is 4.80 Å². The van der Waals surface area contributed by atoms with Gasteiger partial charge in [-0.15, -0.1) is 0 Å². The van der Waals surface area contributed by atoms with E-state index in [4.69, 9.17) is 23.2 Å². The maximum absolute atomic E-state index is 5.86. The summed E-state index contributed by atoms with van der Waals surface area (Å²) >= 11 is 11.7. The molecule has 0 spiro atoms. The SMILES string of the molecule is Clc1ccc(N=c2nc(Nc3ccc(Cl)cc3)ss2)cc1.